The highest BCUT2D eigenvalue weighted by Gasteiger charge is 2.40. The van der Waals surface area contributed by atoms with Gasteiger partial charge < -0.3 is 10.2 Å². The van der Waals surface area contributed by atoms with Crippen LogP contribution in [0.4, 0.5) is 13.2 Å². The molecule has 1 saturated heterocycles. The highest BCUT2D eigenvalue weighted by molar-refractivity contribution is 5.82. The lowest BCUT2D eigenvalue weighted by Crippen LogP contribution is -2.44. The molecule has 1 aliphatic rings. The number of carbonyl (C=O) groups is 2. The van der Waals surface area contributed by atoms with E-state index in [4.69, 9.17) is 0 Å². The minimum Gasteiger partial charge on any atom is -0.344 e. The maximum absolute atomic E-state index is 11.9. The van der Waals surface area contributed by atoms with E-state index in [-0.39, 0.29) is 12.5 Å². The normalized spacial score (nSPS) is 21.6. The molecule has 1 unspecified atom stereocenters. The maximum atomic E-state index is 11.9. The highest BCUT2D eigenvalue weighted by Crippen LogP contribution is 2.16. The molecule has 0 aromatic heterocycles. The molecule has 7 heteroatoms. The van der Waals surface area contributed by atoms with E-state index < -0.39 is 18.1 Å². The topological polar surface area (TPSA) is 49.4 Å². The molecule has 1 aliphatic heterocycles. The number of carbonyl (C=O) groups excluding carboxylic acids is 2. The summed E-state index contributed by atoms with van der Waals surface area (Å²) in [5.74, 6) is -2.14. The summed E-state index contributed by atoms with van der Waals surface area (Å²) in [5.41, 5.74) is 0. The maximum Gasteiger partial charge on any atom is 0.471 e. The van der Waals surface area contributed by atoms with Crippen LogP contribution < -0.4 is 5.32 Å². The van der Waals surface area contributed by atoms with Crippen LogP contribution in [0.1, 0.15) is 13.3 Å². The fourth-order valence-electron chi connectivity index (χ4n) is 1.43. The van der Waals surface area contributed by atoms with Crippen LogP contribution in [0.2, 0.25) is 0 Å². The standard InChI is InChI=1S/C8H11F3N2O2/c1-5(14)13-3-2-6(4-13)12-7(15)8(9,10)11/h6H,2-4H2,1H3,(H,12,15). The molecule has 1 atom stereocenters. The van der Waals surface area contributed by atoms with Crippen LogP contribution in [0, 0.1) is 0 Å². The van der Waals surface area contributed by atoms with Crippen molar-refractivity contribution < 1.29 is 22.8 Å². The lowest BCUT2D eigenvalue weighted by atomic mass is 10.2. The van der Waals surface area contributed by atoms with Gasteiger partial charge in [0.05, 0.1) is 0 Å². The van der Waals surface area contributed by atoms with Crippen LogP contribution in [-0.4, -0.2) is 42.0 Å². The highest BCUT2D eigenvalue weighted by atomic mass is 19.4. The van der Waals surface area contributed by atoms with E-state index in [1.807, 2.05) is 5.32 Å². The van der Waals surface area contributed by atoms with Gasteiger partial charge in [-0.05, 0) is 6.42 Å². The zero-order chi connectivity index (χ0) is 11.6. The van der Waals surface area contributed by atoms with Gasteiger partial charge in [0, 0.05) is 26.1 Å². The first-order valence-corrected chi connectivity index (χ1v) is 4.44. The Morgan fingerprint density at radius 2 is 2.00 bits per heavy atom. The van der Waals surface area contributed by atoms with Crippen LogP contribution in [-0.2, 0) is 9.59 Å². The summed E-state index contributed by atoms with van der Waals surface area (Å²) in [7, 11) is 0. The predicted octanol–water partition coefficient (Wildman–Crippen LogP) is 0.286. The van der Waals surface area contributed by atoms with E-state index in [1.165, 1.54) is 11.8 Å². The SMILES string of the molecule is CC(=O)N1CCC(NC(=O)C(F)(F)F)C1. The molecule has 0 aromatic rings. The Labute approximate surface area is 84.4 Å². The van der Waals surface area contributed by atoms with Crippen molar-refractivity contribution >= 4 is 11.8 Å². The summed E-state index contributed by atoms with van der Waals surface area (Å²) in [6, 6.07) is -0.594. The summed E-state index contributed by atoms with van der Waals surface area (Å²) in [6.07, 6.45) is -4.49. The van der Waals surface area contributed by atoms with E-state index in [2.05, 4.69) is 0 Å². The number of hydrogen-bond donors (Lipinski definition) is 1. The average molecular weight is 224 g/mol. The van der Waals surface area contributed by atoms with E-state index in [9.17, 15) is 22.8 Å². The molecule has 2 amide bonds. The third-order valence-electron chi connectivity index (χ3n) is 2.23. The van der Waals surface area contributed by atoms with E-state index in [0.717, 1.165) is 0 Å². The van der Waals surface area contributed by atoms with Crippen molar-refractivity contribution in [1.29, 1.82) is 0 Å². The second kappa shape index (κ2) is 4.08. The number of hydrogen-bond acceptors (Lipinski definition) is 2. The molecule has 0 saturated carbocycles. The van der Waals surface area contributed by atoms with E-state index in [1.54, 1.807) is 0 Å². The van der Waals surface area contributed by atoms with Crippen molar-refractivity contribution in [3.63, 3.8) is 0 Å². The van der Waals surface area contributed by atoms with Crippen molar-refractivity contribution in [2.45, 2.75) is 25.6 Å². The van der Waals surface area contributed by atoms with E-state index in [0.29, 0.717) is 13.0 Å². The number of amides is 2. The average Bonchev–Trinajstić information content (AvgIpc) is 2.50. The van der Waals surface area contributed by atoms with Gasteiger partial charge in [-0.25, -0.2) is 0 Å². The minimum absolute atomic E-state index is 0.150. The molecule has 0 aromatic carbocycles. The zero-order valence-corrected chi connectivity index (χ0v) is 8.10. The van der Waals surface area contributed by atoms with Crippen molar-refractivity contribution in [1.82, 2.24) is 10.2 Å². The second-order valence-corrected chi connectivity index (χ2v) is 3.42. The quantitative estimate of drug-likeness (QED) is 0.695. The Hall–Kier alpha value is -1.27. The van der Waals surface area contributed by atoms with Gasteiger partial charge in [0.25, 0.3) is 0 Å². The molecular weight excluding hydrogens is 213 g/mol. The summed E-state index contributed by atoms with van der Waals surface area (Å²) >= 11 is 0. The Bertz CT molecular complexity index is 278. The van der Waals surface area contributed by atoms with Gasteiger partial charge in [-0.3, -0.25) is 9.59 Å². The number of likely N-dealkylation sites (tertiary alicyclic amines) is 1. The first-order chi connectivity index (χ1) is 6.80. The molecule has 0 radical (unpaired) electrons. The number of alkyl halides is 3. The molecule has 0 spiro atoms. The summed E-state index contributed by atoms with van der Waals surface area (Å²) in [5, 5.41) is 1.85. The van der Waals surface area contributed by atoms with Crippen LogP contribution in [0.15, 0.2) is 0 Å². The van der Waals surface area contributed by atoms with Crippen molar-refractivity contribution in [2.24, 2.45) is 0 Å². The molecule has 1 heterocycles. The smallest absolute Gasteiger partial charge is 0.344 e. The third kappa shape index (κ3) is 3.10. The van der Waals surface area contributed by atoms with Crippen LogP contribution in [0.3, 0.4) is 0 Å². The Morgan fingerprint density at radius 3 is 2.40 bits per heavy atom. The van der Waals surface area contributed by atoms with Gasteiger partial charge in [-0.2, -0.15) is 13.2 Å². The number of nitrogens with zero attached hydrogens (tertiary/aromatic N) is 1. The van der Waals surface area contributed by atoms with Crippen LogP contribution in [0.25, 0.3) is 0 Å². The zero-order valence-electron chi connectivity index (χ0n) is 8.10. The first kappa shape index (κ1) is 11.8. The van der Waals surface area contributed by atoms with Crippen LogP contribution >= 0.6 is 0 Å². The fraction of sp³-hybridized carbons (Fsp3) is 0.750. The molecule has 1 fully saturated rings. The van der Waals surface area contributed by atoms with Gasteiger partial charge in [-0.15, -0.1) is 0 Å². The minimum atomic E-state index is -4.86. The fourth-order valence-corrected chi connectivity index (χ4v) is 1.43. The van der Waals surface area contributed by atoms with Gasteiger partial charge in [0.2, 0.25) is 5.91 Å². The number of nitrogens with one attached hydrogen (secondary N) is 1. The summed E-state index contributed by atoms with van der Waals surface area (Å²) < 4.78 is 35.6. The molecule has 86 valence electrons. The van der Waals surface area contributed by atoms with Crippen molar-refractivity contribution in [3.8, 4) is 0 Å². The lowest BCUT2D eigenvalue weighted by molar-refractivity contribution is -0.174. The van der Waals surface area contributed by atoms with E-state index >= 15 is 0 Å². The number of halogens is 3. The largest absolute Gasteiger partial charge is 0.471 e. The van der Waals surface area contributed by atoms with Gasteiger partial charge in [-0.1, -0.05) is 0 Å². The molecule has 0 bridgehead atoms. The molecule has 1 rings (SSSR count). The Balaban J connectivity index is 2.43. The molecule has 1 N–H and O–H groups in total. The predicted molar refractivity (Wildman–Crippen MR) is 44.9 cm³/mol. The molecule has 15 heavy (non-hydrogen) atoms. The summed E-state index contributed by atoms with van der Waals surface area (Å²) in [4.78, 5) is 22.8. The Morgan fingerprint density at radius 1 is 1.40 bits per heavy atom. The molecule has 4 nitrogen and oxygen atoms in total. The molecule has 0 aliphatic carbocycles. The summed E-state index contributed by atoms with van der Waals surface area (Å²) in [6.45, 7) is 1.88. The van der Waals surface area contributed by atoms with Crippen molar-refractivity contribution in [3.05, 3.63) is 0 Å². The van der Waals surface area contributed by atoms with Crippen LogP contribution in [0.5, 0.6) is 0 Å². The lowest BCUT2D eigenvalue weighted by Gasteiger charge is -2.15. The monoisotopic (exact) mass is 224 g/mol. The molecular formula is C8H11F3N2O2. The van der Waals surface area contributed by atoms with Gasteiger partial charge in [0.1, 0.15) is 0 Å². The first-order valence-electron chi connectivity index (χ1n) is 4.44. The second-order valence-electron chi connectivity index (χ2n) is 3.42. The Kier molecular flexibility index (Phi) is 3.21. The van der Waals surface area contributed by atoms with Crippen molar-refractivity contribution in [2.75, 3.05) is 13.1 Å². The third-order valence-corrected chi connectivity index (χ3v) is 2.23. The number of rotatable bonds is 1. The van der Waals surface area contributed by atoms with Gasteiger partial charge >= 0.3 is 12.1 Å². The van der Waals surface area contributed by atoms with Gasteiger partial charge in [0.15, 0.2) is 0 Å².